The van der Waals surface area contributed by atoms with Crippen molar-refractivity contribution >= 4 is 11.6 Å². The van der Waals surface area contributed by atoms with Gasteiger partial charge in [-0.1, -0.05) is 30.3 Å². The summed E-state index contributed by atoms with van der Waals surface area (Å²) in [7, 11) is 0. The Morgan fingerprint density at radius 3 is 2.65 bits per heavy atom. The summed E-state index contributed by atoms with van der Waals surface area (Å²) in [6.07, 6.45) is 3.58. The fraction of sp³-hybridized carbons (Fsp3) is 0.353. The summed E-state index contributed by atoms with van der Waals surface area (Å²) in [6, 6.07) is 9.15. The van der Waals surface area contributed by atoms with E-state index in [1.54, 1.807) is 29.1 Å². The molecule has 6 heteroatoms. The average Bonchev–Trinajstić information content (AvgIpc) is 2.62. The number of carbonyl (C=O) groups is 1. The van der Waals surface area contributed by atoms with Crippen LogP contribution in [0.1, 0.15) is 16.8 Å². The minimum absolute atomic E-state index is 0.0398. The predicted octanol–water partition coefficient (Wildman–Crippen LogP) is 0.926. The van der Waals surface area contributed by atoms with E-state index >= 15 is 0 Å². The van der Waals surface area contributed by atoms with Crippen molar-refractivity contribution in [2.75, 3.05) is 31.1 Å². The fourth-order valence-electron chi connectivity index (χ4n) is 2.70. The molecule has 1 aromatic heterocycles. The fourth-order valence-corrected chi connectivity index (χ4v) is 2.70. The molecule has 0 unspecified atom stereocenters. The maximum atomic E-state index is 12.5. The van der Waals surface area contributed by atoms with Gasteiger partial charge in [0.2, 0.25) is 0 Å². The topological polar surface area (TPSA) is 67.2 Å². The van der Waals surface area contributed by atoms with E-state index in [9.17, 15) is 9.59 Å². The van der Waals surface area contributed by atoms with Crippen LogP contribution in [0.2, 0.25) is 0 Å². The molecule has 0 amide bonds. The molecule has 120 valence electrons. The molecule has 1 aromatic carbocycles. The second kappa shape index (κ2) is 7.19. The van der Waals surface area contributed by atoms with Crippen molar-refractivity contribution in [3.8, 4) is 0 Å². The molecule has 0 spiro atoms. The minimum Gasteiger partial charge on any atom is -0.349 e. The van der Waals surface area contributed by atoms with Gasteiger partial charge < -0.3 is 14.8 Å². The van der Waals surface area contributed by atoms with Crippen LogP contribution in [0, 0.1) is 0 Å². The molecule has 1 aliphatic heterocycles. The number of carbonyl (C=O) groups excluding carboxylic acids is 1. The maximum Gasteiger partial charge on any atom is 0.293 e. The molecule has 6 nitrogen and oxygen atoms in total. The van der Waals surface area contributed by atoms with Crippen LogP contribution >= 0.6 is 0 Å². The second-order valence-electron chi connectivity index (χ2n) is 5.53. The first kappa shape index (κ1) is 15.4. The van der Waals surface area contributed by atoms with Crippen LogP contribution < -0.4 is 15.8 Å². The lowest BCUT2D eigenvalue weighted by atomic mass is 10.1. The van der Waals surface area contributed by atoms with Crippen molar-refractivity contribution in [3.05, 3.63) is 58.6 Å². The Bertz CT molecular complexity index is 721. The highest BCUT2D eigenvalue weighted by molar-refractivity contribution is 5.95. The molecule has 0 radical (unpaired) electrons. The highest BCUT2D eigenvalue weighted by Gasteiger charge is 2.16. The van der Waals surface area contributed by atoms with Gasteiger partial charge in [-0.15, -0.1) is 0 Å². The number of aromatic nitrogens is 2. The maximum absolute atomic E-state index is 12.5. The molecule has 2 aromatic rings. The number of Topliss-reactive ketones (excluding diaryl/α,β-unsaturated/α-hetero) is 1. The average molecular weight is 312 g/mol. The third-order valence-corrected chi connectivity index (χ3v) is 3.99. The number of aryl methyl sites for hydroxylation is 1. The number of rotatable bonds is 5. The van der Waals surface area contributed by atoms with Gasteiger partial charge >= 0.3 is 0 Å². The van der Waals surface area contributed by atoms with Crippen LogP contribution in [0.25, 0.3) is 0 Å². The number of hydrogen-bond donors (Lipinski definition) is 1. The van der Waals surface area contributed by atoms with Crippen molar-refractivity contribution in [1.82, 2.24) is 14.9 Å². The Balaban J connectivity index is 1.71. The van der Waals surface area contributed by atoms with Crippen LogP contribution in [0.5, 0.6) is 0 Å². The van der Waals surface area contributed by atoms with Crippen molar-refractivity contribution in [1.29, 1.82) is 0 Å². The highest BCUT2D eigenvalue weighted by atomic mass is 16.1. The number of ketones is 1. The van der Waals surface area contributed by atoms with E-state index in [4.69, 9.17) is 0 Å². The highest BCUT2D eigenvalue weighted by Crippen LogP contribution is 2.07. The zero-order chi connectivity index (χ0) is 16.1. The molecule has 0 saturated carbocycles. The summed E-state index contributed by atoms with van der Waals surface area (Å²) in [5.41, 5.74) is 0.548. The molecule has 1 aliphatic rings. The van der Waals surface area contributed by atoms with E-state index in [-0.39, 0.29) is 11.3 Å². The lowest BCUT2D eigenvalue weighted by Gasteiger charge is -2.27. The molecule has 1 fully saturated rings. The minimum atomic E-state index is -0.129. The van der Waals surface area contributed by atoms with E-state index in [2.05, 4.69) is 10.3 Å². The summed E-state index contributed by atoms with van der Waals surface area (Å²) in [4.78, 5) is 30.9. The van der Waals surface area contributed by atoms with Gasteiger partial charge in [-0.05, 0) is 0 Å². The third kappa shape index (κ3) is 3.65. The van der Waals surface area contributed by atoms with Crippen molar-refractivity contribution < 1.29 is 4.79 Å². The van der Waals surface area contributed by atoms with Crippen LogP contribution in [0.15, 0.2) is 47.5 Å². The number of anilines is 1. The molecule has 2 heterocycles. The van der Waals surface area contributed by atoms with Gasteiger partial charge in [0.15, 0.2) is 11.6 Å². The summed E-state index contributed by atoms with van der Waals surface area (Å²) in [5, 5.41) is 3.25. The van der Waals surface area contributed by atoms with Crippen molar-refractivity contribution in [3.63, 3.8) is 0 Å². The zero-order valence-electron chi connectivity index (χ0n) is 12.9. The van der Waals surface area contributed by atoms with E-state index in [1.165, 1.54) is 0 Å². The molecular formula is C17H20N4O2. The van der Waals surface area contributed by atoms with Gasteiger partial charge in [-0.2, -0.15) is 0 Å². The summed E-state index contributed by atoms with van der Waals surface area (Å²) >= 11 is 0. The third-order valence-electron chi connectivity index (χ3n) is 3.99. The van der Waals surface area contributed by atoms with E-state index in [0.29, 0.717) is 24.3 Å². The number of hydrogen-bond acceptors (Lipinski definition) is 5. The van der Waals surface area contributed by atoms with Gasteiger partial charge in [-0.25, -0.2) is 4.98 Å². The lowest BCUT2D eigenvalue weighted by Crippen LogP contribution is -2.46. The van der Waals surface area contributed by atoms with Crippen LogP contribution in [0.4, 0.5) is 5.82 Å². The number of piperazine rings is 1. The molecule has 0 bridgehead atoms. The van der Waals surface area contributed by atoms with Gasteiger partial charge in [0.1, 0.15) is 0 Å². The standard InChI is InChI=1S/C17H20N4O2/c22-15(14-4-2-1-3-5-14)6-10-21-13-9-19-16(17(21)23)20-11-7-18-8-12-20/h1-5,9,13,18H,6-8,10-12H2. The van der Waals surface area contributed by atoms with E-state index < -0.39 is 0 Å². The molecule has 0 atom stereocenters. The Labute approximate surface area is 134 Å². The zero-order valence-corrected chi connectivity index (χ0v) is 12.9. The van der Waals surface area contributed by atoms with Crippen molar-refractivity contribution in [2.24, 2.45) is 0 Å². The van der Waals surface area contributed by atoms with Gasteiger partial charge in [0, 0.05) is 57.1 Å². The Hall–Kier alpha value is -2.47. The van der Waals surface area contributed by atoms with Gasteiger partial charge in [0.25, 0.3) is 5.56 Å². The normalized spacial score (nSPS) is 14.7. The quantitative estimate of drug-likeness (QED) is 0.832. The first-order valence-corrected chi connectivity index (χ1v) is 7.85. The molecule has 1 N–H and O–H groups in total. The summed E-state index contributed by atoms with van der Waals surface area (Å²) in [6.45, 7) is 3.61. The largest absolute Gasteiger partial charge is 0.349 e. The van der Waals surface area contributed by atoms with Gasteiger partial charge in [-0.3, -0.25) is 9.59 Å². The van der Waals surface area contributed by atoms with E-state index in [1.807, 2.05) is 23.1 Å². The SMILES string of the molecule is O=C(CCn1ccnc(N2CCNCC2)c1=O)c1ccccc1. The van der Waals surface area contributed by atoms with Gasteiger partial charge in [0.05, 0.1) is 0 Å². The predicted molar refractivity (Wildman–Crippen MR) is 89.0 cm³/mol. The molecular weight excluding hydrogens is 292 g/mol. The smallest absolute Gasteiger partial charge is 0.293 e. The summed E-state index contributed by atoms with van der Waals surface area (Å²) in [5.74, 6) is 0.513. The van der Waals surface area contributed by atoms with Crippen LogP contribution in [-0.4, -0.2) is 41.5 Å². The number of nitrogens with zero attached hydrogens (tertiary/aromatic N) is 3. The summed E-state index contributed by atoms with van der Waals surface area (Å²) < 4.78 is 1.57. The first-order chi connectivity index (χ1) is 11.3. The lowest BCUT2D eigenvalue weighted by molar-refractivity contribution is 0.0976. The monoisotopic (exact) mass is 312 g/mol. The number of nitrogens with one attached hydrogen (secondary N) is 1. The Kier molecular flexibility index (Phi) is 4.83. The molecule has 23 heavy (non-hydrogen) atoms. The van der Waals surface area contributed by atoms with E-state index in [0.717, 1.165) is 26.2 Å². The molecule has 0 aliphatic carbocycles. The second-order valence-corrected chi connectivity index (χ2v) is 5.53. The first-order valence-electron chi connectivity index (χ1n) is 7.85. The van der Waals surface area contributed by atoms with Crippen molar-refractivity contribution in [2.45, 2.75) is 13.0 Å². The Morgan fingerprint density at radius 2 is 1.91 bits per heavy atom. The van der Waals surface area contributed by atoms with Crippen LogP contribution in [0.3, 0.4) is 0 Å². The van der Waals surface area contributed by atoms with Crippen LogP contribution in [-0.2, 0) is 6.54 Å². The molecule has 3 rings (SSSR count). The number of benzene rings is 1. The molecule has 1 saturated heterocycles. The Morgan fingerprint density at radius 1 is 1.17 bits per heavy atom.